The average molecular weight is 230 g/mol. The predicted molar refractivity (Wildman–Crippen MR) is 51.6 cm³/mol. The molecule has 3 nitrogen and oxygen atoms in total. The smallest absolute Gasteiger partial charge is 0.287 e. The molecule has 0 atom stereocenters. The molecule has 86 valence electrons. The maximum absolute atomic E-state index is 13.2. The van der Waals surface area contributed by atoms with Gasteiger partial charge in [-0.15, -0.1) is 0 Å². The van der Waals surface area contributed by atoms with Crippen molar-refractivity contribution in [2.45, 2.75) is 5.92 Å². The predicted octanol–water partition coefficient (Wildman–Crippen LogP) is 1.74. The van der Waals surface area contributed by atoms with Gasteiger partial charge in [-0.3, -0.25) is 0 Å². The lowest BCUT2D eigenvalue weighted by atomic mass is 10.2. The molecule has 1 aromatic carbocycles. The molecule has 0 saturated heterocycles. The van der Waals surface area contributed by atoms with Gasteiger partial charge in [0.2, 0.25) is 0 Å². The van der Waals surface area contributed by atoms with E-state index in [1.54, 1.807) is 6.07 Å². The number of anilines is 1. The molecular formula is C10H9F3N2O. The fourth-order valence-corrected chi connectivity index (χ4v) is 1.01. The molecule has 1 rings (SSSR count). The highest BCUT2D eigenvalue weighted by Gasteiger charge is 2.27. The quantitative estimate of drug-likeness (QED) is 0.828. The van der Waals surface area contributed by atoms with E-state index in [1.165, 1.54) is 12.1 Å². The van der Waals surface area contributed by atoms with Crippen LogP contribution < -0.4 is 5.32 Å². The minimum absolute atomic E-state index is 0.108. The van der Waals surface area contributed by atoms with Crippen molar-refractivity contribution in [2.75, 3.05) is 18.5 Å². The van der Waals surface area contributed by atoms with E-state index in [1.807, 2.05) is 0 Å². The minimum atomic E-state index is -3.31. The normalized spacial score (nSPS) is 10.9. The zero-order valence-electron chi connectivity index (χ0n) is 8.17. The van der Waals surface area contributed by atoms with E-state index in [2.05, 4.69) is 5.32 Å². The second-order valence-electron chi connectivity index (χ2n) is 3.17. The SMILES string of the molecule is N#Cc1ccc(NCC(F)(F)CO)c(F)c1. The number of alkyl halides is 2. The van der Waals surface area contributed by atoms with Crippen molar-refractivity contribution in [3.05, 3.63) is 29.6 Å². The minimum Gasteiger partial charge on any atom is -0.390 e. The Morgan fingerprint density at radius 1 is 1.44 bits per heavy atom. The fraction of sp³-hybridized carbons (Fsp3) is 0.300. The lowest BCUT2D eigenvalue weighted by Gasteiger charge is -2.15. The number of nitrogens with zero attached hydrogens (tertiary/aromatic N) is 1. The van der Waals surface area contributed by atoms with Gasteiger partial charge in [0.05, 0.1) is 23.9 Å². The number of rotatable bonds is 4. The number of aliphatic hydroxyl groups excluding tert-OH is 1. The Bertz CT molecular complexity index is 415. The van der Waals surface area contributed by atoms with Crippen molar-refractivity contribution in [2.24, 2.45) is 0 Å². The monoisotopic (exact) mass is 230 g/mol. The van der Waals surface area contributed by atoms with E-state index in [-0.39, 0.29) is 11.3 Å². The van der Waals surface area contributed by atoms with Crippen molar-refractivity contribution in [1.82, 2.24) is 0 Å². The van der Waals surface area contributed by atoms with Crippen molar-refractivity contribution < 1.29 is 18.3 Å². The molecule has 0 spiro atoms. The summed E-state index contributed by atoms with van der Waals surface area (Å²) < 4.78 is 38.5. The molecule has 2 N–H and O–H groups in total. The van der Waals surface area contributed by atoms with Crippen LogP contribution in [0.15, 0.2) is 18.2 Å². The number of nitriles is 1. The Kier molecular flexibility index (Phi) is 3.74. The van der Waals surface area contributed by atoms with Crippen LogP contribution in [-0.4, -0.2) is 24.2 Å². The molecule has 0 amide bonds. The van der Waals surface area contributed by atoms with E-state index in [0.717, 1.165) is 6.07 Å². The Balaban J connectivity index is 2.73. The van der Waals surface area contributed by atoms with E-state index in [4.69, 9.17) is 10.4 Å². The van der Waals surface area contributed by atoms with Gasteiger partial charge < -0.3 is 10.4 Å². The number of hydrogen-bond donors (Lipinski definition) is 2. The van der Waals surface area contributed by atoms with Gasteiger partial charge in [0.1, 0.15) is 12.4 Å². The summed E-state index contributed by atoms with van der Waals surface area (Å²) in [5, 5.41) is 18.9. The summed E-state index contributed by atoms with van der Waals surface area (Å²) in [5.74, 6) is -4.09. The molecule has 0 aliphatic carbocycles. The molecule has 0 saturated carbocycles. The van der Waals surface area contributed by atoms with Crippen LogP contribution in [0.3, 0.4) is 0 Å². The maximum Gasteiger partial charge on any atom is 0.287 e. The van der Waals surface area contributed by atoms with Crippen LogP contribution in [0.1, 0.15) is 5.56 Å². The van der Waals surface area contributed by atoms with Crippen LogP contribution in [0.5, 0.6) is 0 Å². The summed E-state index contributed by atoms with van der Waals surface area (Å²) in [4.78, 5) is 0. The number of nitrogens with one attached hydrogen (secondary N) is 1. The molecule has 0 aliphatic rings. The first-order valence-electron chi connectivity index (χ1n) is 4.41. The zero-order chi connectivity index (χ0) is 12.2. The van der Waals surface area contributed by atoms with E-state index in [9.17, 15) is 13.2 Å². The molecular weight excluding hydrogens is 221 g/mol. The van der Waals surface area contributed by atoms with Crippen LogP contribution in [0, 0.1) is 17.1 Å². The standard InChI is InChI=1S/C10H9F3N2O/c11-8-3-7(4-14)1-2-9(8)15-5-10(12,13)6-16/h1-3,15-16H,5-6H2. The molecule has 0 aromatic heterocycles. The van der Waals surface area contributed by atoms with Crippen LogP contribution in [0.2, 0.25) is 0 Å². The van der Waals surface area contributed by atoms with Crippen molar-refractivity contribution in [3.63, 3.8) is 0 Å². The van der Waals surface area contributed by atoms with Crippen molar-refractivity contribution in [3.8, 4) is 6.07 Å². The highest BCUT2D eigenvalue weighted by Crippen LogP contribution is 2.18. The van der Waals surface area contributed by atoms with Crippen molar-refractivity contribution in [1.29, 1.82) is 5.26 Å². The third-order valence-electron chi connectivity index (χ3n) is 1.87. The number of halogens is 3. The second kappa shape index (κ2) is 4.86. The lowest BCUT2D eigenvalue weighted by molar-refractivity contribution is -0.0373. The van der Waals surface area contributed by atoms with E-state index < -0.39 is 24.9 Å². The van der Waals surface area contributed by atoms with Gasteiger partial charge in [-0.05, 0) is 18.2 Å². The molecule has 16 heavy (non-hydrogen) atoms. The molecule has 0 fully saturated rings. The van der Waals surface area contributed by atoms with Crippen LogP contribution in [0.25, 0.3) is 0 Å². The Hall–Kier alpha value is -1.74. The first kappa shape index (κ1) is 12.3. The molecule has 6 heteroatoms. The topological polar surface area (TPSA) is 56.0 Å². The number of hydrogen-bond acceptors (Lipinski definition) is 3. The maximum atomic E-state index is 13.2. The summed E-state index contributed by atoms with van der Waals surface area (Å²) in [6.45, 7) is -2.18. The first-order chi connectivity index (χ1) is 7.48. The van der Waals surface area contributed by atoms with E-state index in [0.29, 0.717) is 0 Å². The van der Waals surface area contributed by atoms with Crippen LogP contribution in [0.4, 0.5) is 18.9 Å². The van der Waals surface area contributed by atoms with Gasteiger partial charge in [-0.2, -0.15) is 5.26 Å². The first-order valence-corrected chi connectivity index (χ1v) is 4.41. The molecule has 0 heterocycles. The summed E-state index contributed by atoms with van der Waals surface area (Å²) in [5.41, 5.74) is -0.0240. The van der Waals surface area contributed by atoms with Gasteiger partial charge in [-0.1, -0.05) is 0 Å². The third-order valence-corrected chi connectivity index (χ3v) is 1.87. The molecule has 0 unspecified atom stereocenters. The summed E-state index contributed by atoms with van der Waals surface area (Å²) in [6, 6.07) is 5.17. The Morgan fingerprint density at radius 2 is 2.12 bits per heavy atom. The average Bonchev–Trinajstić information content (AvgIpc) is 2.27. The zero-order valence-corrected chi connectivity index (χ0v) is 8.17. The molecule has 0 radical (unpaired) electrons. The lowest BCUT2D eigenvalue weighted by Crippen LogP contribution is -2.31. The molecule has 0 bridgehead atoms. The van der Waals surface area contributed by atoms with Crippen LogP contribution >= 0.6 is 0 Å². The van der Waals surface area contributed by atoms with Gasteiger partial charge in [-0.25, -0.2) is 13.2 Å². The summed E-state index contributed by atoms with van der Waals surface area (Å²) in [7, 11) is 0. The Labute approximate surface area is 90.1 Å². The van der Waals surface area contributed by atoms with Crippen molar-refractivity contribution >= 4 is 5.69 Å². The number of aliphatic hydroxyl groups is 1. The highest BCUT2D eigenvalue weighted by molar-refractivity contribution is 5.48. The number of benzene rings is 1. The van der Waals surface area contributed by atoms with Gasteiger partial charge in [0.15, 0.2) is 0 Å². The highest BCUT2D eigenvalue weighted by atomic mass is 19.3. The van der Waals surface area contributed by atoms with Gasteiger partial charge in [0.25, 0.3) is 5.92 Å². The van der Waals surface area contributed by atoms with Gasteiger partial charge >= 0.3 is 0 Å². The fourth-order valence-electron chi connectivity index (χ4n) is 1.01. The van der Waals surface area contributed by atoms with E-state index >= 15 is 0 Å². The third kappa shape index (κ3) is 3.14. The van der Waals surface area contributed by atoms with Crippen LogP contribution in [-0.2, 0) is 0 Å². The second-order valence-corrected chi connectivity index (χ2v) is 3.17. The Morgan fingerprint density at radius 3 is 2.62 bits per heavy atom. The molecule has 1 aromatic rings. The largest absolute Gasteiger partial charge is 0.390 e. The van der Waals surface area contributed by atoms with Gasteiger partial charge in [0, 0.05) is 0 Å². The summed E-state index contributed by atoms with van der Waals surface area (Å²) in [6.07, 6.45) is 0. The summed E-state index contributed by atoms with van der Waals surface area (Å²) >= 11 is 0. The molecule has 0 aliphatic heterocycles.